The van der Waals surface area contributed by atoms with Crippen LogP contribution in [0, 0.1) is 5.82 Å². The van der Waals surface area contributed by atoms with E-state index in [4.69, 9.17) is 0 Å². The topological polar surface area (TPSA) is 69.6 Å². The van der Waals surface area contributed by atoms with Crippen molar-refractivity contribution in [2.45, 2.75) is 17.4 Å². The first-order chi connectivity index (χ1) is 11.4. The van der Waals surface area contributed by atoms with Gasteiger partial charge in [-0.3, -0.25) is 0 Å². The van der Waals surface area contributed by atoms with Crippen LogP contribution in [0.25, 0.3) is 0 Å². The standard InChI is InChI=1S/C17H19FN2O3S/c1-20-8-7-12-9-13(5-6-16(12)20)17(21)11-19-24(22,23)15-4-2-3-14(18)10-15/h2-6,9-10,17,19,21H,7-8,11H2,1H3. The molecule has 0 aromatic heterocycles. The second-order valence-electron chi connectivity index (χ2n) is 5.88. The van der Waals surface area contributed by atoms with Crippen LogP contribution in [0.3, 0.4) is 0 Å². The lowest BCUT2D eigenvalue weighted by molar-refractivity contribution is 0.182. The second kappa shape index (κ2) is 6.51. The predicted octanol–water partition coefficient (Wildman–Crippen LogP) is 1.83. The van der Waals surface area contributed by atoms with Crippen molar-refractivity contribution in [3.63, 3.8) is 0 Å². The van der Waals surface area contributed by atoms with E-state index in [2.05, 4.69) is 9.62 Å². The highest BCUT2D eigenvalue weighted by Gasteiger charge is 2.20. The molecule has 1 unspecified atom stereocenters. The largest absolute Gasteiger partial charge is 0.387 e. The molecule has 0 radical (unpaired) electrons. The summed E-state index contributed by atoms with van der Waals surface area (Å²) in [6, 6.07) is 10.4. The van der Waals surface area contributed by atoms with Crippen molar-refractivity contribution in [3.05, 3.63) is 59.4 Å². The van der Waals surface area contributed by atoms with Crippen LogP contribution in [-0.4, -0.2) is 33.7 Å². The van der Waals surface area contributed by atoms with E-state index >= 15 is 0 Å². The zero-order valence-electron chi connectivity index (χ0n) is 13.2. The second-order valence-corrected chi connectivity index (χ2v) is 7.65. The molecule has 0 spiro atoms. The summed E-state index contributed by atoms with van der Waals surface area (Å²) < 4.78 is 39.8. The average Bonchev–Trinajstić information content (AvgIpc) is 2.93. The van der Waals surface area contributed by atoms with Crippen LogP contribution in [0.5, 0.6) is 0 Å². The predicted molar refractivity (Wildman–Crippen MR) is 90.0 cm³/mol. The van der Waals surface area contributed by atoms with E-state index in [-0.39, 0.29) is 11.4 Å². The molecule has 0 saturated carbocycles. The summed E-state index contributed by atoms with van der Waals surface area (Å²) in [6.07, 6.45) is -0.0638. The highest BCUT2D eigenvalue weighted by atomic mass is 32.2. The maximum Gasteiger partial charge on any atom is 0.240 e. The van der Waals surface area contributed by atoms with E-state index < -0.39 is 21.9 Å². The zero-order chi connectivity index (χ0) is 17.3. The smallest absolute Gasteiger partial charge is 0.240 e. The summed E-state index contributed by atoms with van der Waals surface area (Å²) in [4.78, 5) is 1.98. The number of anilines is 1. The molecular weight excluding hydrogens is 331 g/mol. The van der Waals surface area contributed by atoms with E-state index in [0.717, 1.165) is 30.3 Å². The molecule has 2 aromatic rings. The molecule has 7 heteroatoms. The van der Waals surface area contributed by atoms with Gasteiger partial charge in [-0.25, -0.2) is 17.5 Å². The molecule has 0 amide bonds. The fourth-order valence-corrected chi connectivity index (χ4v) is 3.89. The molecule has 1 aliphatic heterocycles. The van der Waals surface area contributed by atoms with Gasteiger partial charge in [-0.15, -0.1) is 0 Å². The Bertz CT molecular complexity index is 855. The Morgan fingerprint density at radius 1 is 1.29 bits per heavy atom. The highest BCUT2D eigenvalue weighted by Crippen LogP contribution is 2.29. The number of fused-ring (bicyclic) bond motifs is 1. The van der Waals surface area contributed by atoms with Gasteiger partial charge in [-0.1, -0.05) is 18.2 Å². The number of nitrogens with zero attached hydrogens (tertiary/aromatic N) is 1. The molecule has 5 nitrogen and oxygen atoms in total. The molecular formula is C17H19FN2O3S. The van der Waals surface area contributed by atoms with Crippen molar-refractivity contribution in [3.8, 4) is 0 Å². The third-order valence-electron chi connectivity index (χ3n) is 4.19. The van der Waals surface area contributed by atoms with Crippen LogP contribution >= 0.6 is 0 Å². The number of sulfonamides is 1. The zero-order valence-corrected chi connectivity index (χ0v) is 14.1. The summed E-state index contributed by atoms with van der Waals surface area (Å²) >= 11 is 0. The third-order valence-corrected chi connectivity index (χ3v) is 5.61. The first-order valence-corrected chi connectivity index (χ1v) is 9.12. The molecule has 1 heterocycles. The van der Waals surface area contributed by atoms with Crippen LogP contribution in [0.15, 0.2) is 47.4 Å². The Labute approximate surface area is 140 Å². The minimum Gasteiger partial charge on any atom is -0.387 e. The van der Waals surface area contributed by atoms with Gasteiger partial charge in [-0.05, 0) is 41.8 Å². The number of nitrogens with one attached hydrogen (secondary N) is 1. The van der Waals surface area contributed by atoms with E-state index in [1.54, 1.807) is 6.07 Å². The molecule has 1 atom stereocenters. The van der Waals surface area contributed by atoms with E-state index in [1.807, 2.05) is 19.2 Å². The fraction of sp³-hybridized carbons (Fsp3) is 0.294. The number of aliphatic hydroxyl groups excluding tert-OH is 1. The Balaban J connectivity index is 1.70. The molecule has 24 heavy (non-hydrogen) atoms. The number of hydrogen-bond donors (Lipinski definition) is 2. The van der Waals surface area contributed by atoms with Crippen LogP contribution in [0.2, 0.25) is 0 Å². The maximum atomic E-state index is 13.2. The van der Waals surface area contributed by atoms with Crippen molar-refractivity contribution in [1.29, 1.82) is 0 Å². The van der Waals surface area contributed by atoms with Crippen molar-refractivity contribution in [2.75, 3.05) is 25.0 Å². The molecule has 2 N–H and O–H groups in total. The van der Waals surface area contributed by atoms with Gasteiger partial charge in [0, 0.05) is 25.8 Å². The maximum absolute atomic E-state index is 13.2. The summed E-state index contributed by atoms with van der Waals surface area (Å²) in [5, 5.41) is 10.3. The quantitative estimate of drug-likeness (QED) is 0.863. The SMILES string of the molecule is CN1CCc2cc(C(O)CNS(=O)(=O)c3cccc(F)c3)ccc21. The van der Waals surface area contributed by atoms with Crippen LogP contribution < -0.4 is 9.62 Å². The molecule has 0 aliphatic carbocycles. The van der Waals surface area contributed by atoms with E-state index in [0.29, 0.717) is 5.56 Å². The first-order valence-electron chi connectivity index (χ1n) is 7.64. The Morgan fingerprint density at radius 3 is 2.83 bits per heavy atom. The number of benzene rings is 2. The normalized spacial score (nSPS) is 15.4. The lowest BCUT2D eigenvalue weighted by Gasteiger charge is -2.15. The third kappa shape index (κ3) is 3.43. The van der Waals surface area contributed by atoms with Crippen LogP contribution in [0.4, 0.5) is 10.1 Å². The van der Waals surface area contributed by atoms with Gasteiger partial charge in [-0.2, -0.15) is 0 Å². The van der Waals surface area contributed by atoms with Gasteiger partial charge in [0.25, 0.3) is 0 Å². The minimum atomic E-state index is -3.86. The van der Waals surface area contributed by atoms with E-state index in [9.17, 15) is 17.9 Å². The molecule has 128 valence electrons. The fourth-order valence-electron chi connectivity index (χ4n) is 2.82. The van der Waals surface area contributed by atoms with Crippen molar-refractivity contribution < 1.29 is 17.9 Å². The molecule has 2 aromatic carbocycles. The Morgan fingerprint density at radius 2 is 2.08 bits per heavy atom. The average molecular weight is 350 g/mol. The summed E-state index contributed by atoms with van der Waals surface area (Å²) in [6.45, 7) is 0.758. The van der Waals surface area contributed by atoms with Gasteiger partial charge in [0.15, 0.2) is 0 Å². The van der Waals surface area contributed by atoms with Gasteiger partial charge in [0.2, 0.25) is 10.0 Å². The first kappa shape index (κ1) is 16.9. The van der Waals surface area contributed by atoms with Crippen LogP contribution in [0.1, 0.15) is 17.2 Å². The molecule has 0 fully saturated rings. The summed E-state index contributed by atoms with van der Waals surface area (Å²) in [5.41, 5.74) is 2.93. The molecule has 0 bridgehead atoms. The summed E-state index contributed by atoms with van der Waals surface area (Å²) in [5.74, 6) is -0.624. The number of hydrogen-bond acceptors (Lipinski definition) is 4. The van der Waals surface area contributed by atoms with Gasteiger partial charge in [0.05, 0.1) is 11.0 Å². The lowest BCUT2D eigenvalue weighted by Crippen LogP contribution is -2.28. The van der Waals surface area contributed by atoms with Crippen molar-refractivity contribution in [2.24, 2.45) is 0 Å². The summed E-state index contributed by atoms with van der Waals surface area (Å²) in [7, 11) is -1.86. The highest BCUT2D eigenvalue weighted by molar-refractivity contribution is 7.89. The monoisotopic (exact) mass is 350 g/mol. The number of likely N-dealkylation sites (N-methyl/N-ethyl adjacent to an activating group) is 1. The molecule has 0 saturated heterocycles. The van der Waals surface area contributed by atoms with Gasteiger partial charge >= 0.3 is 0 Å². The molecule has 3 rings (SSSR count). The molecule has 1 aliphatic rings. The number of rotatable bonds is 5. The van der Waals surface area contributed by atoms with Gasteiger partial charge in [0.1, 0.15) is 5.82 Å². The number of halogens is 1. The van der Waals surface area contributed by atoms with Gasteiger partial charge < -0.3 is 10.0 Å². The van der Waals surface area contributed by atoms with E-state index in [1.165, 1.54) is 18.2 Å². The lowest BCUT2D eigenvalue weighted by atomic mass is 10.0. The van der Waals surface area contributed by atoms with Crippen LogP contribution in [-0.2, 0) is 16.4 Å². The van der Waals surface area contributed by atoms with Crippen molar-refractivity contribution >= 4 is 15.7 Å². The number of aliphatic hydroxyl groups is 1. The Kier molecular flexibility index (Phi) is 4.58. The Hall–Kier alpha value is -1.96. The van der Waals surface area contributed by atoms with Crippen molar-refractivity contribution in [1.82, 2.24) is 4.72 Å². The minimum absolute atomic E-state index is 0.162.